The van der Waals surface area contributed by atoms with Gasteiger partial charge in [-0.05, 0) is 31.9 Å². The van der Waals surface area contributed by atoms with Crippen molar-refractivity contribution in [2.24, 2.45) is 5.92 Å². The number of amides is 2. The lowest BCUT2D eigenvalue weighted by Crippen LogP contribution is -2.45. The Morgan fingerprint density at radius 3 is 2.33 bits per heavy atom. The predicted octanol–water partition coefficient (Wildman–Crippen LogP) is 2.75. The van der Waals surface area contributed by atoms with Crippen molar-refractivity contribution >= 4 is 23.3 Å². The highest BCUT2D eigenvalue weighted by atomic mass is 16.6. The molecule has 3 rings (SSSR count). The summed E-state index contributed by atoms with van der Waals surface area (Å²) in [7, 11) is 0. The minimum absolute atomic E-state index is 0.0597. The van der Waals surface area contributed by atoms with E-state index in [1.807, 2.05) is 18.2 Å². The molecule has 156 valence electrons. The van der Waals surface area contributed by atoms with Crippen molar-refractivity contribution < 1.29 is 19.3 Å². The average Bonchev–Trinajstić information content (AvgIpc) is 2.77. The molecule has 1 N–H and O–H groups in total. The van der Waals surface area contributed by atoms with Crippen LogP contribution in [0.2, 0.25) is 0 Å². The van der Waals surface area contributed by atoms with Crippen LogP contribution in [0, 0.1) is 23.0 Å². The first-order valence-corrected chi connectivity index (χ1v) is 9.77. The van der Waals surface area contributed by atoms with E-state index in [1.54, 1.807) is 24.0 Å². The Labute approximate surface area is 174 Å². The highest BCUT2D eigenvalue weighted by Crippen LogP contribution is 2.22. The number of carbonyl (C=O) groups is 3. The molecule has 0 aliphatic carbocycles. The van der Waals surface area contributed by atoms with Crippen LogP contribution in [0.3, 0.4) is 0 Å². The second-order valence-electron chi connectivity index (χ2n) is 7.33. The van der Waals surface area contributed by atoms with Gasteiger partial charge in [0.2, 0.25) is 5.91 Å². The Bertz CT molecular complexity index is 966. The molecule has 0 saturated carbocycles. The largest absolute Gasteiger partial charge is 0.343 e. The molecule has 0 atom stereocenters. The number of nitrogens with zero attached hydrogens (tertiary/aromatic N) is 2. The fraction of sp³-hybridized carbons (Fsp3) is 0.318. The van der Waals surface area contributed by atoms with E-state index in [0.717, 1.165) is 0 Å². The van der Waals surface area contributed by atoms with E-state index >= 15 is 0 Å². The Balaban J connectivity index is 1.49. The van der Waals surface area contributed by atoms with Crippen molar-refractivity contribution in [2.75, 3.05) is 19.6 Å². The molecule has 0 bridgehead atoms. The number of nitro groups is 1. The van der Waals surface area contributed by atoms with E-state index in [-0.39, 0.29) is 35.4 Å². The second kappa shape index (κ2) is 9.30. The van der Waals surface area contributed by atoms with Gasteiger partial charge in [0.05, 0.1) is 11.5 Å². The lowest BCUT2D eigenvalue weighted by Gasteiger charge is -2.31. The van der Waals surface area contributed by atoms with E-state index < -0.39 is 10.8 Å². The van der Waals surface area contributed by atoms with Crippen LogP contribution in [0.5, 0.6) is 0 Å². The highest BCUT2D eigenvalue weighted by Gasteiger charge is 2.28. The van der Waals surface area contributed by atoms with Gasteiger partial charge in [0.15, 0.2) is 5.78 Å². The summed E-state index contributed by atoms with van der Waals surface area (Å²) in [5, 5.41) is 13.4. The van der Waals surface area contributed by atoms with E-state index in [2.05, 4.69) is 5.32 Å². The van der Waals surface area contributed by atoms with E-state index in [0.29, 0.717) is 37.1 Å². The topological polar surface area (TPSA) is 110 Å². The molecule has 1 fully saturated rings. The number of ketones is 1. The maximum atomic E-state index is 12.5. The van der Waals surface area contributed by atoms with Crippen molar-refractivity contribution in [1.29, 1.82) is 0 Å². The van der Waals surface area contributed by atoms with Gasteiger partial charge in [-0.3, -0.25) is 24.5 Å². The molecule has 1 heterocycles. The molecule has 1 saturated heterocycles. The van der Waals surface area contributed by atoms with Crippen LogP contribution in [0.4, 0.5) is 5.69 Å². The van der Waals surface area contributed by atoms with Gasteiger partial charge in [0, 0.05) is 41.8 Å². The predicted molar refractivity (Wildman–Crippen MR) is 110 cm³/mol. The number of aryl methyl sites for hydroxylation is 1. The number of piperidine rings is 1. The lowest BCUT2D eigenvalue weighted by molar-refractivity contribution is -0.385. The molecule has 0 aromatic heterocycles. The quantitative estimate of drug-likeness (QED) is 0.448. The monoisotopic (exact) mass is 409 g/mol. The van der Waals surface area contributed by atoms with Crippen molar-refractivity contribution in [3.63, 3.8) is 0 Å². The number of Topliss-reactive ketones (excluding diaryl/α,β-unsaturated/α-hetero) is 1. The van der Waals surface area contributed by atoms with Crippen molar-refractivity contribution in [1.82, 2.24) is 10.2 Å². The third kappa shape index (κ3) is 4.89. The molecular weight excluding hydrogens is 386 g/mol. The zero-order chi connectivity index (χ0) is 21.7. The van der Waals surface area contributed by atoms with Crippen LogP contribution >= 0.6 is 0 Å². The maximum absolute atomic E-state index is 12.5. The number of benzene rings is 2. The van der Waals surface area contributed by atoms with Gasteiger partial charge in [0.1, 0.15) is 0 Å². The number of hydrogen-bond acceptors (Lipinski definition) is 5. The molecule has 8 heteroatoms. The van der Waals surface area contributed by atoms with Gasteiger partial charge in [-0.15, -0.1) is 0 Å². The molecule has 30 heavy (non-hydrogen) atoms. The van der Waals surface area contributed by atoms with Gasteiger partial charge < -0.3 is 10.2 Å². The van der Waals surface area contributed by atoms with E-state index in [9.17, 15) is 24.5 Å². The smallest absolute Gasteiger partial charge is 0.272 e. The standard InChI is InChI=1S/C22H23N3O5/c1-15-13-18(7-8-19(15)25(29)30)22(28)23-14-20(26)24-11-9-17(10-12-24)21(27)16-5-3-2-4-6-16/h2-8,13,17H,9-12,14H2,1H3,(H,23,28). The number of hydrogen-bond donors (Lipinski definition) is 1. The summed E-state index contributed by atoms with van der Waals surface area (Å²) in [6.07, 6.45) is 1.18. The molecular formula is C22H23N3O5. The zero-order valence-corrected chi connectivity index (χ0v) is 16.7. The Kier molecular flexibility index (Phi) is 6.56. The summed E-state index contributed by atoms with van der Waals surface area (Å²) in [6.45, 7) is 2.33. The lowest BCUT2D eigenvalue weighted by atomic mass is 9.89. The summed E-state index contributed by atoms with van der Waals surface area (Å²) in [4.78, 5) is 49.2. The molecule has 2 amide bonds. The Morgan fingerprint density at radius 2 is 1.73 bits per heavy atom. The third-order valence-electron chi connectivity index (χ3n) is 5.33. The minimum atomic E-state index is -0.507. The van der Waals surface area contributed by atoms with E-state index in [4.69, 9.17) is 0 Å². The number of likely N-dealkylation sites (tertiary alicyclic amines) is 1. The molecule has 1 aliphatic rings. The van der Waals surface area contributed by atoms with Gasteiger partial charge in [0.25, 0.3) is 11.6 Å². The Hall–Kier alpha value is -3.55. The zero-order valence-electron chi connectivity index (χ0n) is 16.7. The SMILES string of the molecule is Cc1cc(C(=O)NCC(=O)N2CCC(C(=O)c3ccccc3)CC2)ccc1[N+](=O)[O-]. The molecule has 1 aliphatic heterocycles. The van der Waals surface area contributed by atoms with Gasteiger partial charge >= 0.3 is 0 Å². The minimum Gasteiger partial charge on any atom is -0.343 e. The first kappa shape index (κ1) is 21.2. The molecule has 0 radical (unpaired) electrons. The summed E-state index contributed by atoms with van der Waals surface area (Å²) in [6, 6.07) is 13.2. The molecule has 2 aromatic carbocycles. The number of carbonyl (C=O) groups excluding carboxylic acids is 3. The number of nitro benzene ring substituents is 1. The van der Waals surface area contributed by atoms with Crippen LogP contribution in [-0.4, -0.2) is 47.1 Å². The van der Waals surface area contributed by atoms with Gasteiger partial charge in [-0.25, -0.2) is 0 Å². The first-order chi connectivity index (χ1) is 14.4. The summed E-state index contributed by atoms with van der Waals surface area (Å²) in [5.41, 5.74) is 1.27. The average molecular weight is 409 g/mol. The van der Waals surface area contributed by atoms with Crippen LogP contribution in [-0.2, 0) is 4.79 Å². The molecule has 0 spiro atoms. The molecule has 2 aromatic rings. The van der Waals surface area contributed by atoms with Crippen LogP contribution < -0.4 is 5.32 Å². The summed E-state index contributed by atoms with van der Waals surface area (Å²) < 4.78 is 0. The molecule has 8 nitrogen and oxygen atoms in total. The Morgan fingerprint density at radius 1 is 1.07 bits per heavy atom. The number of nitrogens with one attached hydrogen (secondary N) is 1. The van der Waals surface area contributed by atoms with Crippen molar-refractivity contribution in [3.05, 3.63) is 75.3 Å². The van der Waals surface area contributed by atoms with Crippen LogP contribution in [0.15, 0.2) is 48.5 Å². The van der Waals surface area contributed by atoms with Crippen LogP contribution in [0.25, 0.3) is 0 Å². The molecule has 0 unspecified atom stereocenters. The third-order valence-corrected chi connectivity index (χ3v) is 5.33. The van der Waals surface area contributed by atoms with E-state index in [1.165, 1.54) is 18.2 Å². The second-order valence-corrected chi connectivity index (χ2v) is 7.33. The number of rotatable bonds is 6. The van der Waals surface area contributed by atoms with Gasteiger partial charge in [-0.2, -0.15) is 0 Å². The first-order valence-electron chi connectivity index (χ1n) is 9.77. The van der Waals surface area contributed by atoms with Crippen LogP contribution in [0.1, 0.15) is 39.1 Å². The normalized spacial score (nSPS) is 14.2. The fourth-order valence-electron chi connectivity index (χ4n) is 3.60. The van der Waals surface area contributed by atoms with Crippen molar-refractivity contribution in [2.45, 2.75) is 19.8 Å². The van der Waals surface area contributed by atoms with Crippen molar-refractivity contribution in [3.8, 4) is 0 Å². The summed E-state index contributed by atoms with van der Waals surface area (Å²) in [5.74, 6) is -0.679. The summed E-state index contributed by atoms with van der Waals surface area (Å²) >= 11 is 0. The highest BCUT2D eigenvalue weighted by molar-refractivity contribution is 5.98. The fourth-order valence-corrected chi connectivity index (χ4v) is 3.60. The van der Waals surface area contributed by atoms with Gasteiger partial charge in [-0.1, -0.05) is 30.3 Å². The maximum Gasteiger partial charge on any atom is 0.272 e.